The molecular weight excluding hydrogens is 813 g/mol. The third-order valence-electron chi connectivity index (χ3n) is 12.5. The molecule has 0 radical (unpaired) electrons. The number of aliphatic hydroxyl groups is 1. The molecule has 1 N–H and O–H groups in total. The van der Waals surface area contributed by atoms with Crippen LogP contribution >= 0.6 is 0 Å². The fraction of sp³-hybridized carbons (Fsp3) is 0.770. The third kappa shape index (κ3) is 54.0. The highest BCUT2D eigenvalue weighted by Gasteiger charge is 2.16. The summed E-state index contributed by atoms with van der Waals surface area (Å²) < 4.78 is 10.7. The summed E-state index contributed by atoms with van der Waals surface area (Å²) in [4.78, 5) is 24.5. The molecule has 382 valence electrons. The number of rotatable bonds is 52. The lowest BCUT2D eigenvalue weighted by Gasteiger charge is -2.15. The highest BCUT2D eigenvalue weighted by atomic mass is 16.6. The first-order valence-corrected chi connectivity index (χ1v) is 28.5. The van der Waals surface area contributed by atoms with Crippen LogP contribution in [0.25, 0.3) is 0 Å². The molecule has 0 spiro atoms. The zero-order chi connectivity index (χ0) is 47.7. The van der Waals surface area contributed by atoms with Crippen LogP contribution in [0.1, 0.15) is 284 Å². The average Bonchev–Trinajstić information content (AvgIpc) is 3.32. The van der Waals surface area contributed by atoms with Gasteiger partial charge in [0, 0.05) is 12.8 Å². The van der Waals surface area contributed by atoms with E-state index in [9.17, 15) is 14.7 Å². The number of ether oxygens (including phenoxy) is 2. The van der Waals surface area contributed by atoms with Crippen LogP contribution in [0.5, 0.6) is 0 Å². The summed E-state index contributed by atoms with van der Waals surface area (Å²) in [5.74, 6) is -0.599. The molecule has 0 aliphatic carbocycles. The summed E-state index contributed by atoms with van der Waals surface area (Å²) >= 11 is 0. The normalized spacial score (nSPS) is 12.7. The molecule has 0 aromatic carbocycles. The maximum Gasteiger partial charge on any atom is 0.306 e. The van der Waals surface area contributed by atoms with E-state index < -0.39 is 6.10 Å². The van der Waals surface area contributed by atoms with Crippen molar-refractivity contribution in [3.63, 3.8) is 0 Å². The van der Waals surface area contributed by atoms with Gasteiger partial charge < -0.3 is 14.6 Å². The zero-order valence-electron chi connectivity index (χ0n) is 43.7. The van der Waals surface area contributed by atoms with Crippen LogP contribution in [0.2, 0.25) is 0 Å². The number of hydrogen-bond acceptors (Lipinski definition) is 5. The molecule has 66 heavy (non-hydrogen) atoms. The maximum atomic E-state index is 12.3. The predicted octanol–water partition coefficient (Wildman–Crippen LogP) is 19.2. The second kappa shape index (κ2) is 56.7. The number of aliphatic hydroxyl groups excluding tert-OH is 1. The molecular formula is C61H108O5. The van der Waals surface area contributed by atoms with Gasteiger partial charge >= 0.3 is 11.9 Å². The molecule has 0 aliphatic rings. The van der Waals surface area contributed by atoms with E-state index in [1.165, 1.54) is 180 Å². The standard InChI is InChI=1S/C61H108O5/c1-3-5-7-9-11-13-15-17-19-21-23-24-25-26-27-28-29-30-31-32-33-34-35-36-38-39-41-43-45-47-49-51-53-55-60(63)65-58-59(57-62)66-61(64)56-54-52-50-48-46-44-42-40-37-22-20-18-16-14-12-10-8-6-4-2/h6,8,12,14-15,17-18,20-21,23,37,40,59,62H,3-5,7,9-11,13,16,19,22,24-36,38-39,41-58H2,1-2H3/b8-6-,14-12-,17-15-,20-18-,23-21-,40-37-. The van der Waals surface area contributed by atoms with Gasteiger partial charge in [0.2, 0.25) is 0 Å². The van der Waals surface area contributed by atoms with Gasteiger partial charge in [0.15, 0.2) is 6.10 Å². The number of unbranched alkanes of at least 4 members (excludes halogenated alkanes) is 32. The lowest BCUT2D eigenvalue weighted by Crippen LogP contribution is -2.28. The van der Waals surface area contributed by atoms with Crippen molar-refractivity contribution in [2.75, 3.05) is 13.2 Å². The molecule has 0 aromatic rings. The highest BCUT2D eigenvalue weighted by molar-refractivity contribution is 5.70. The molecule has 0 saturated carbocycles. The first kappa shape index (κ1) is 63.3. The number of carbonyl (C=O) groups excluding carboxylic acids is 2. The number of allylic oxidation sites excluding steroid dienone is 12. The Labute approximate surface area is 410 Å². The van der Waals surface area contributed by atoms with Gasteiger partial charge in [0.1, 0.15) is 6.61 Å². The van der Waals surface area contributed by atoms with E-state index >= 15 is 0 Å². The van der Waals surface area contributed by atoms with Gasteiger partial charge in [-0.1, -0.05) is 260 Å². The predicted molar refractivity (Wildman–Crippen MR) is 288 cm³/mol. The first-order chi connectivity index (χ1) is 32.6. The molecule has 0 amide bonds. The molecule has 1 unspecified atom stereocenters. The Bertz CT molecular complexity index is 1180. The summed E-state index contributed by atoms with van der Waals surface area (Å²) in [6.07, 6.45) is 77.4. The Hall–Kier alpha value is -2.66. The van der Waals surface area contributed by atoms with Crippen molar-refractivity contribution in [2.24, 2.45) is 0 Å². The fourth-order valence-corrected chi connectivity index (χ4v) is 8.23. The Kier molecular flexibility index (Phi) is 54.4. The Morgan fingerprint density at radius 2 is 0.652 bits per heavy atom. The molecule has 0 rings (SSSR count). The minimum atomic E-state index is -0.782. The zero-order valence-corrected chi connectivity index (χ0v) is 43.7. The average molecular weight is 922 g/mol. The van der Waals surface area contributed by atoms with Crippen LogP contribution in [0.15, 0.2) is 72.9 Å². The molecule has 5 nitrogen and oxygen atoms in total. The third-order valence-corrected chi connectivity index (χ3v) is 12.5. The molecule has 1 atom stereocenters. The first-order valence-electron chi connectivity index (χ1n) is 28.5. The second-order valence-electron chi connectivity index (χ2n) is 19.0. The van der Waals surface area contributed by atoms with Crippen LogP contribution in [-0.2, 0) is 19.1 Å². The molecule has 0 bridgehead atoms. The van der Waals surface area contributed by atoms with E-state index in [-0.39, 0.29) is 25.2 Å². The van der Waals surface area contributed by atoms with Crippen LogP contribution in [-0.4, -0.2) is 36.4 Å². The SMILES string of the molecule is CC/C=C\C/C=C\C/C=C\C/C=C\CCCCCCCCC(=O)OC(CO)COC(=O)CCCCCCCCCCCCCCCCCCCCCCC/C=C\C/C=C\CCCCCCC. The Morgan fingerprint density at radius 1 is 0.364 bits per heavy atom. The molecule has 0 fully saturated rings. The van der Waals surface area contributed by atoms with E-state index in [4.69, 9.17) is 9.47 Å². The fourth-order valence-electron chi connectivity index (χ4n) is 8.23. The quantitative estimate of drug-likeness (QED) is 0.0374. The summed E-state index contributed by atoms with van der Waals surface area (Å²) in [5.41, 5.74) is 0. The van der Waals surface area contributed by atoms with Crippen LogP contribution in [0.4, 0.5) is 0 Å². The Balaban J connectivity index is 3.45. The van der Waals surface area contributed by atoms with Gasteiger partial charge in [0.25, 0.3) is 0 Å². The summed E-state index contributed by atoms with van der Waals surface area (Å²) in [6.45, 7) is 4.03. The van der Waals surface area contributed by atoms with Gasteiger partial charge in [-0.15, -0.1) is 0 Å². The van der Waals surface area contributed by atoms with Gasteiger partial charge in [-0.3, -0.25) is 9.59 Å². The lowest BCUT2D eigenvalue weighted by atomic mass is 10.0. The van der Waals surface area contributed by atoms with Crippen molar-refractivity contribution in [2.45, 2.75) is 290 Å². The maximum absolute atomic E-state index is 12.3. The molecule has 0 saturated heterocycles. The Morgan fingerprint density at radius 3 is 0.985 bits per heavy atom. The van der Waals surface area contributed by atoms with Gasteiger partial charge in [0.05, 0.1) is 6.61 Å². The van der Waals surface area contributed by atoms with Crippen molar-refractivity contribution < 1.29 is 24.2 Å². The number of esters is 2. The molecule has 0 aromatic heterocycles. The molecule has 0 aliphatic heterocycles. The van der Waals surface area contributed by atoms with E-state index in [0.717, 1.165) is 77.0 Å². The van der Waals surface area contributed by atoms with Gasteiger partial charge in [-0.2, -0.15) is 0 Å². The monoisotopic (exact) mass is 921 g/mol. The summed E-state index contributed by atoms with van der Waals surface area (Å²) in [7, 11) is 0. The van der Waals surface area contributed by atoms with E-state index in [1.54, 1.807) is 0 Å². The highest BCUT2D eigenvalue weighted by Crippen LogP contribution is 2.17. The van der Waals surface area contributed by atoms with Crippen LogP contribution < -0.4 is 0 Å². The topological polar surface area (TPSA) is 72.8 Å². The van der Waals surface area contributed by atoms with Crippen molar-refractivity contribution in [3.8, 4) is 0 Å². The number of hydrogen-bond donors (Lipinski definition) is 1. The molecule has 0 heterocycles. The van der Waals surface area contributed by atoms with E-state index in [0.29, 0.717) is 12.8 Å². The number of carbonyl (C=O) groups is 2. The van der Waals surface area contributed by atoms with E-state index in [1.807, 2.05) is 0 Å². The van der Waals surface area contributed by atoms with Crippen molar-refractivity contribution >= 4 is 11.9 Å². The van der Waals surface area contributed by atoms with Crippen molar-refractivity contribution in [1.82, 2.24) is 0 Å². The largest absolute Gasteiger partial charge is 0.462 e. The van der Waals surface area contributed by atoms with Gasteiger partial charge in [-0.05, 0) is 83.5 Å². The minimum Gasteiger partial charge on any atom is -0.462 e. The van der Waals surface area contributed by atoms with E-state index in [2.05, 4.69) is 86.8 Å². The minimum absolute atomic E-state index is 0.0718. The smallest absolute Gasteiger partial charge is 0.306 e. The second-order valence-corrected chi connectivity index (χ2v) is 19.0. The van der Waals surface area contributed by atoms with Crippen LogP contribution in [0, 0.1) is 0 Å². The summed E-state index contributed by atoms with van der Waals surface area (Å²) in [6, 6.07) is 0. The van der Waals surface area contributed by atoms with Gasteiger partial charge in [-0.25, -0.2) is 0 Å². The van der Waals surface area contributed by atoms with Crippen molar-refractivity contribution in [1.29, 1.82) is 0 Å². The summed E-state index contributed by atoms with van der Waals surface area (Å²) in [5, 5.41) is 9.64. The van der Waals surface area contributed by atoms with Crippen LogP contribution in [0.3, 0.4) is 0 Å². The van der Waals surface area contributed by atoms with Crippen molar-refractivity contribution in [3.05, 3.63) is 72.9 Å². The lowest BCUT2D eigenvalue weighted by molar-refractivity contribution is -0.161. The molecule has 5 heteroatoms.